The number of fused-ring (bicyclic) bond motifs is 1. The third-order valence-corrected chi connectivity index (χ3v) is 4.80. The molecule has 2 aromatic heterocycles. The van der Waals surface area contributed by atoms with E-state index < -0.39 is 11.6 Å². The van der Waals surface area contributed by atoms with Gasteiger partial charge in [0.15, 0.2) is 17.4 Å². The zero-order valence-corrected chi connectivity index (χ0v) is 15.4. The lowest BCUT2D eigenvalue weighted by Gasteiger charge is -2.20. The molecule has 1 fully saturated rings. The van der Waals surface area contributed by atoms with Crippen LogP contribution in [0.2, 0.25) is 0 Å². The number of rotatable bonds is 4. The Morgan fingerprint density at radius 3 is 2.96 bits per heavy atom. The summed E-state index contributed by atoms with van der Waals surface area (Å²) < 4.78 is 29.0. The van der Waals surface area contributed by atoms with Crippen LogP contribution in [0.1, 0.15) is 12.2 Å². The van der Waals surface area contributed by atoms with Crippen LogP contribution >= 0.6 is 0 Å². The maximum Gasteiger partial charge on any atom is 0.191 e. The van der Waals surface area contributed by atoms with Gasteiger partial charge in [0.1, 0.15) is 11.6 Å². The van der Waals surface area contributed by atoms with Gasteiger partial charge >= 0.3 is 0 Å². The average Bonchev–Trinajstić information content (AvgIpc) is 3.32. The second-order valence-electron chi connectivity index (χ2n) is 6.64. The van der Waals surface area contributed by atoms with Gasteiger partial charge in [0, 0.05) is 38.4 Å². The van der Waals surface area contributed by atoms with E-state index in [-0.39, 0.29) is 6.04 Å². The Balaban J connectivity index is 1.35. The Kier molecular flexibility index (Phi) is 5.05. The van der Waals surface area contributed by atoms with E-state index in [0.29, 0.717) is 31.3 Å². The predicted molar refractivity (Wildman–Crippen MR) is 103 cm³/mol. The van der Waals surface area contributed by atoms with Gasteiger partial charge in [0.25, 0.3) is 0 Å². The highest BCUT2D eigenvalue weighted by Crippen LogP contribution is 2.24. The van der Waals surface area contributed by atoms with Crippen LogP contribution in [0.5, 0.6) is 0 Å². The SMILES string of the molecule is CN=C(NCc1nnc2ccccn12)NC1CCN(c2ccc(F)cc2F)C1. The molecule has 1 aromatic carbocycles. The fourth-order valence-corrected chi connectivity index (χ4v) is 3.40. The molecule has 0 bridgehead atoms. The molecule has 9 heteroatoms. The first-order chi connectivity index (χ1) is 13.6. The number of benzene rings is 1. The number of nitrogens with one attached hydrogen (secondary N) is 2. The summed E-state index contributed by atoms with van der Waals surface area (Å²) >= 11 is 0. The first-order valence-corrected chi connectivity index (χ1v) is 9.10. The van der Waals surface area contributed by atoms with Gasteiger partial charge in [-0.15, -0.1) is 10.2 Å². The van der Waals surface area contributed by atoms with Gasteiger partial charge < -0.3 is 15.5 Å². The number of aliphatic imine (C=N–C) groups is 1. The number of halogens is 2. The third kappa shape index (κ3) is 3.73. The molecule has 0 aliphatic carbocycles. The molecule has 1 aliphatic heterocycles. The molecule has 7 nitrogen and oxygen atoms in total. The van der Waals surface area contributed by atoms with E-state index in [4.69, 9.17) is 0 Å². The van der Waals surface area contributed by atoms with Gasteiger partial charge in [-0.25, -0.2) is 8.78 Å². The van der Waals surface area contributed by atoms with Gasteiger partial charge in [-0.1, -0.05) is 6.07 Å². The Morgan fingerprint density at radius 1 is 1.25 bits per heavy atom. The minimum absolute atomic E-state index is 0.103. The molecule has 0 radical (unpaired) electrons. The van der Waals surface area contributed by atoms with Gasteiger partial charge in [-0.05, 0) is 30.7 Å². The Labute approximate surface area is 161 Å². The molecule has 3 heterocycles. The summed E-state index contributed by atoms with van der Waals surface area (Å²) in [6, 6.07) is 9.52. The monoisotopic (exact) mass is 385 g/mol. The molecule has 0 saturated carbocycles. The van der Waals surface area contributed by atoms with Crippen LogP contribution in [-0.2, 0) is 6.54 Å². The van der Waals surface area contributed by atoms with E-state index in [0.717, 1.165) is 24.0 Å². The molecule has 3 aromatic rings. The fourth-order valence-electron chi connectivity index (χ4n) is 3.40. The third-order valence-electron chi connectivity index (χ3n) is 4.80. The second kappa shape index (κ2) is 7.79. The molecular weight excluding hydrogens is 364 g/mol. The number of guanidine groups is 1. The van der Waals surface area contributed by atoms with E-state index in [9.17, 15) is 8.78 Å². The van der Waals surface area contributed by atoms with E-state index in [1.807, 2.05) is 33.7 Å². The van der Waals surface area contributed by atoms with Crippen molar-refractivity contribution in [3.63, 3.8) is 0 Å². The summed E-state index contributed by atoms with van der Waals surface area (Å²) in [6.07, 6.45) is 2.74. The summed E-state index contributed by atoms with van der Waals surface area (Å²) in [6.45, 7) is 1.76. The molecule has 1 unspecified atom stereocenters. The smallest absolute Gasteiger partial charge is 0.191 e. The van der Waals surface area contributed by atoms with Crippen molar-refractivity contribution in [2.45, 2.75) is 19.0 Å². The van der Waals surface area contributed by atoms with Crippen molar-refractivity contribution >= 4 is 17.3 Å². The van der Waals surface area contributed by atoms with Crippen molar-refractivity contribution in [3.05, 3.63) is 60.1 Å². The predicted octanol–water partition coefficient (Wildman–Crippen LogP) is 1.95. The van der Waals surface area contributed by atoms with E-state index >= 15 is 0 Å². The number of aromatic nitrogens is 3. The van der Waals surface area contributed by atoms with Crippen LogP contribution in [-0.4, -0.2) is 46.7 Å². The number of anilines is 1. The number of hydrogen-bond donors (Lipinski definition) is 2. The van der Waals surface area contributed by atoms with Gasteiger partial charge in [0.05, 0.1) is 12.2 Å². The molecule has 1 saturated heterocycles. The molecule has 28 heavy (non-hydrogen) atoms. The van der Waals surface area contributed by atoms with Gasteiger partial charge in [-0.2, -0.15) is 0 Å². The largest absolute Gasteiger partial charge is 0.367 e. The first-order valence-electron chi connectivity index (χ1n) is 9.10. The van der Waals surface area contributed by atoms with Crippen molar-refractivity contribution in [1.29, 1.82) is 0 Å². The van der Waals surface area contributed by atoms with Crippen molar-refractivity contribution in [2.24, 2.45) is 4.99 Å². The van der Waals surface area contributed by atoms with Crippen LogP contribution < -0.4 is 15.5 Å². The van der Waals surface area contributed by atoms with Crippen LogP contribution in [0.4, 0.5) is 14.5 Å². The van der Waals surface area contributed by atoms with Crippen molar-refractivity contribution in [1.82, 2.24) is 25.2 Å². The molecule has 1 aliphatic rings. The highest BCUT2D eigenvalue weighted by atomic mass is 19.1. The molecule has 146 valence electrons. The van der Waals surface area contributed by atoms with Gasteiger partial charge in [0.2, 0.25) is 0 Å². The zero-order valence-electron chi connectivity index (χ0n) is 15.4. The Morgan fingerprint density at radius 2 is 2.14 bits per heavy atom. The zero-order chi connectivity index (χ0) is 19.5. The fraction of sp³-hybridized carbons (Fsp3) is 0.316. The topological polar surface area (TPSA) is 69.8 Å². The van der Waals surface area contributed by atoms with Crippen LogP contribution in [0.3, 0.4) is 0 Å². The first kappa shape index (κ1) is 18.1. The highest BCUT2D eigenvalue weighted by molar-refractivity contribution is 5.80. The molecule has 0 amide bonds. The van der Waals surface area contributed by atoms with Crippen molar-refractivity contribution in [3.8, 4) is 0 Å². The molecule has 1 atom stereocenters. The minimum Gasteiger partial charge on any atom is -0.367 e. The molecule has 4 rings (SSSR count). The minimum atomic E-state index is -0.569. The molecule has 2 N–H and O–H groups in total. The number of hydrogen-bond acceptors (Lipinski definition) is 4. The Hall–Kier alpha value is -3.23. The van der Waals surface area contributed by atoms with Crippen molar-refractivity contribution < 1.29 is 8.78 Å². The highest BCUT2D eigenvalue weighted by Gasteiger charge is 2.25. The lowest BCUT2D eigenvalue weighted by Crippen LogP contribution is -2.44. The van der Waals surface area contributed by atoms with Gasteiger partial charge in [-0.3, -0.25) is 9.39 Å². The summed E-state index contributed by atoms with van der Waals surface area (Å²) in [5.41, 5.74) is 1.21. The lowest BCUT2D eigenvalue weighted by atomic mass is 10.2. The number of pyridine rings is 1. The molecule has 0 spiro atoms. The lowest BCUT2D eigenvalue weighted by molar-refractivity contribution is 0.580. The van der Waals surface area contributed by atoms with E-state index in [1.54, 1.807) is 7.05 Å². The number of nitrogens with zero attached hydrogens (tertiary/aromatic N) is 5. The second-order valence-corrected chi connectivity index (χ2v) is 6.64. The summed E-state index contributed by atoms with van der Waals surface area (Å²) in [5, 5.41) is 14.9. The average molecular weight is 385 g/mol. The van der Waals surface area contributed by atoms with E-state index in [2.05, 4.69) is 25.8 Å². The molecular formula is C19H21F2N7. The summed E-state index contributed by atoms with van der Waals surface area (Å²) in [7, 11) is 1.70. The van der Waals surface area contributed by atoms with Crippen LogP contribution in [0.15, 0.2) is 47.6 Å². The quantitative estimate of drug-likeness (QED) is 0.531. The van der Waals surface area contributed by atoms with Crippen molar-refractivity contribution in [2.75, 3.05) is 25.0 Å². The van der Waals surface area contributed by atoms with E-state index in [1.165, 1.54) is 12.1 Å². The normalized spacial score (nSPS) is 17.3. The standard InChI is InChI=1S/C19H21F2N7/c1-22-19(23-11-18-26-25-17-4-2-3-8-28(17)18)24-14-7-9-27(12-14)16-6-5-13(20)10-15(16)21/h2-6,8,10,14H,7,9,11-12H2,1H3,(H2,22,23,24). The van der Waals surface area contributed by atoms with Crippen LogP contribution in [0.25, 0.3) is 5.65 Å². The van der Waals surface area contributed by atoms with Crippen LogP contribution in [0, 0.1) is 11.6 Å². The summed E-state index contributed by atoms with van der Waals surface area (Å²) in [5.74, 6) is 0.307. The Bertz CT molecular complexity index is 1000. The maximum atomic E-state index is 14.0. The summed E-state index contributed by atoms with van der Waals surface area (Å²) in [4.78, 5) is 6.16. The maximum absolute atomic E-state index is 14.0.